The van der Waals surface area contributed by atoms with Gasteiger partial charge >= 0.3 is 12.0 Å². The number of hydrogen-bond acceptors (Lipinski definition) is 5. The number of hydrogen-bond donors (Lipinski definition) is 2. The molecule has 0 saturated heterocycles. The van der Waals surface area contributed by atoms with Crippen LogP contribution in [-0.2, 0) is 9.53 Å². The summed E-state index contributed by atoms with van der Waals surface area (Å²) in [5.41, 5.74) is 0.297. The second-order valence-corrected chi connectivity index (χ2v) is 4.86. The smallest absolute Gasteiger partial charge is 0.338 e. The standard InChI is InChI=1S/C16H22N2O5/c1-4-11(3)17-16(21)18-14(19)10-23-15(20)12-6-8-13(9-7-12)22-5-2/h6-9,11H,4-5,10H2,1-3H3,(H2,17,18,19,21)/t11-/m0/s1. The van der Waals surface area contributed by atoms with Crippen LogP contribution in [0.25, 0.3) is 0 Å². The van der Waals surface area contributed by atoms with E-state index in [4.69, 9.17) is 9.47 Å². The summed E-state index contributed by atoms with van der Waals surface area (Å²) in [5.74, 6) is -0.695. The molecule has 1 aromatic rings. The lowest BCUT2D eigenvalue weighted by atomic mass is 10.2. The molecule has 0 unspecified atom stereocenters. The van der Waals surface area contributed by atoms with Crippen LogP contribution < -0.4 is 15.4 Å². The quantitative estimate of drug-likeness (QED) is 0.747. The molecule has 3 amide bonds. The van der Waals surface area contributed by atoms with E-state index in [2.05, 4.69) is 10.6 Å². The first-order chi connectivity index (χ1) is 11.0. The van der Waals surface area contributed by atoms with Gasteiger partial charge in [0.15, 0.2) is 6.61 Å². The third-order valence-corrected chi connectivity index (χ3v) is 2.98. The van der Waals surface area contributed by atoms with E-state index in [-0.39, 0.29) is 6.04 Å². The molecule has 0 heterocycles. The van der Waals surface area contributed by atoms with Crippen LogP contribution in [0.4, 0.5) is 4.79 Å². The Hall–Kier alpha value is -2.57. The first-order valence-corrected chi connectivity index (χ1v) is 7.46. The fourth-order valence-corrected chi connectivity index (χ4v) is 1.59. The molecule has 0 bridgehead atoms. The molecule has 23 heavy (non-hydrogen) atoms. The van der Waals surface area contributed by atoms with E-state index in [9.17, 15) is 14.4 Å². The second-order valence-electron chi connectivity index (χ2n) is 4.86. The number of urea groups is 1. The molecule has 0 saturated carbocycles. The van der Waals surface area contributed by atoms with Gasteiger partial charge in [0, 0.05) is 6.04 Å². The number of rotatable bonds is 7. The Morgan fingerprint density at radius 2 is 1.78 bits per heavy atom. The molecule has 0 fully saturated rings. The van der Waals surface area contributed by atoms with E-state index in [1.54, 1.807) is 24.3 Å². The van der Waals surface area contributed by atoms with Crippen LogP contribution in [0, 0.1) is 0 Å². The summed E-state index contributed by atoms with van der Waals surface area (Å²) >= 11 is 0. The van der Waals surface area contributed by atoms with E-state index in [1.807, 2.05) is 20.8 Å². The summed E-state index contributed by atoms with van der Waals surface area (Å²) in [6, 6.07) is 5.71. The molecule has 0 aliphatic heterocycles. The molecule has 0 radical (unpaired) electrons. The number of nitrogens with one attached hydrogen (secondary N) is 2. The van der Waals surface area contributed by atoms with Crippen molar-refractivity contribution in [2.24, 2.45) is 0 Å². The molecule has 2 N–H and O–H groups in total. The SMILES string of the molecule is CCOc1ccc(C(=O)OCC(=O)NC(=O)N[C@@H](C)CC)cc1. The zero-order valence-electron chi connectivity index (χ0n) is 13.5. The molecular weight excluding hydrogens is 300 g/mol. The minimum atomic E-state index is -0.690. The van der Waals surface area contributed by atoms with Gasteiger partial charge in [-0.25, -0.2) is 9.59 Å². The normalized spacial score (nSPS) is 11.3. The molecule has 1 aromatic carbocycles. The summed E-state index contributed by atoms with van der Waals surface area (Å²) < 4.78 is 10.1. The average molecular weight is 322 g/mol. The molecule has 0 aliphatic rings. The van der Waals surface area contributed by atoms with E-state index in [0.717, 1.165) is 6.42 Å². The monoisotopic (exact) mass is 322 g/mol. The van der Waals surface area contributed by atoms with Crippen molar-refractivity contribution in [3.05, 3.63) is 29.8 Å². The maximum absolute atomic E-state index is 11.8. The third-order valence-electron chi connectivity index (χ3n) is 2.98. The number of esters is 1. The zero-order valence-corrected chi connectivity index (χ0v) is 13.5. The van der Waals surface area contributed by atoms with Crippen molar-refractivity contribution in [1.82, 2.24) is 10.6 Å². The van der Waals surface area contributed by atoms with Gasteiger partial charge in [-0.2, -0.15) is 0 Å². The van der Waals surface area contributed by atoms with Gasteiger partial charge in [0.05, 0.1) is 12.2 Å². The summed E-state index contributed by atoms with van der Waals surface area (Å²) in [7, 11) is 0. The lowest BCUT2D eigenvalue weighted by molar-refractivity contribution is -0.123. The van der Waals surface area contributed by atoms with Gasteiger partial charge in [0.25, 0.3) is 5.91 Å². The van der Waals surface area contributed by atoms with Crippen molar-refractivity contribution in [2.75, 3.05) is 13.2 Å². The van der Waals surface area contributed by atoms with Crippen LogP contribution in [0.1, 0.15) is 37.6 Å². The molecular formula is C16H22N2O5. The minimum absolute atomic E-state index is 0.0470. The van der Waals surface area contributed by atoms with Crippen molar-refractivity contribution in [3.63, 3.8) is 0 Å². The Labute approximate surface area is 135 Å². The average Bonchev–Trinajstić information content (AvgIpc) is 2.53. The first-order valence-electron chi connectivity index (χ1n) is 7.46. The summed E-state index contributed by atoms with van der Waals surface area (Å²) in [6.45, 7) is 5.59. The molecule has 1 rings (SSSR count). The Kier molecular flexibility index (Phi) is 7.59. The maximum atomic E-state index is 11.8. The largest absolute Gasteiger partial charge is 0.494 e. The van der Waals surface area contributed by atoms with Crippen LogP contribution in [0.2, 0.25) is 0 Å². The first kappa shape index (κ1) is 18.5. The Bertz CT molecular complexity index is 542. The summed E-state index contributed by atoms with van der Waals surface area (Å²) in [4.78, 5) is 34.8. The van der Waals surface area contributed by atoms with Crippen molar-refractivity contribution in [2.45, 2.75) is 33.2 Å². The Balaban J connectivity index is 2.40. The third kappa shape index (κ3) is 6.82. The lowest BCUT2D eigenvalue weighted by Gasteiger charge is -2.11. The van der Waals surface area contributed by atoms with Gasteiger partial charge in [-0.3, -0.25) is 10.1 Å². The fraction of sp³-hybridized carbons (Fsp3) is 0.438. The summed E-state index contributed by atoms with van der Waals surface area (Å²) in [6.07, 6.45) is 0.744. The lowest BCUT2D eigenvalue weighted by Crippen LogP contribution is -2.44. The van der Waals surface area contributed by atoms with Crippen molar-refractivity contribution >= 4 is 17.9 Å². The second kappa shape index (κ2) is 9.45. The van der Waals surface area contributed by atoms with Crippen molar-refractivity contribution < 1.29 is 23.9 Å². The molecule has 7 heteroatoms. The Morgan fingerprint density at radius 3 is 2.35 bits per heavy atom. The summed E-state index contributed by atoms with van der Waals surface area (Å²) in [5, 5.41) is 4.66. The fourth-order valence-electron chi connectivity index (χ4n) is 1.59. The number of ether oxygens (including phenoxy) is 2. The predicted molar refractivity (Wildman–Crippen MR) is 84.3 cm³/mol. The van der Waals surface area contributed by atoms with Crippen LogP contribution >= 0.6 is 0 Å². The van der Waals surface area contributed by atoms with E-state index in [1.165, 1.54) is 0 Å². The van der Waals surface area contributed by atoms with E-state index >= 15 is 0 Å². The highest BCUT2D eigenvalue weighted by Crippen LogP contribution is 2.12. The van der Waals surface area contributed by atoms with Crippen molar-refractivity contribution in [1.29, 1.82) is 0 Å². The number of amides is 3. The van der Waals surface area contributed by atoms with E-state index in [0.29, 0.717) is 17.9 Å². The van der Waals surface area contributed by atoms with Gasteiger partial charge in [-0.15, -0.1) is 0 Å². The van der Waals surface area contributed by atoms with Crippen LogP contribution in [0.15, 0.2) is 24.3 Å². The number of carbonyl (C=O) groups is 3. The molecule has 126 valence electrons. The highest BCUT2D eigenvalue weighted by atomic mass is 16.5. The van der Waals surface area contributed by atoms with Gasteiger partial charge in [-0.1, -0.05) is 6.92 Å². The number of benzene rings is 1. The van der Waals surface area contributed by atoms with Crippen molar-refractivity contribution in [3.8, 4) is 5.75 Å². The maximum Gasteiger partial charge on any atom is 0.338 e. The van der Waals surface area contributed by atoms with Gasteiger partial charge in [0.2, 0.25) is 0 Å². The van der Waals surface area contributed by atoms with Crippen LogP contribution in [0.5, 0.6) is 5.75 Å². The topological polar surface area (TPSA) is 93.7 Å². The molecule has 0 aromatic heterocycles. The molecule has 0 spiro atoms. The molecule has 1 atom stereocenters. The molecule has 7 nitrogen and oxygen atoms in total. The van der Waals surface area contributed by atoms with Crippen LogP contribution in [-0.4, -0.2) is 37.2 Å². The van der Waals surface area contributed by atoms with Gasteiger partial charge in [0.1, 0.15) is 5.75 Å². The van der Waals surface area contributed by atoms with Gasteiger partial charge < -0.3 is 14.8 Å². The zero-order chi connectivity index (χ0) is 17.2. The van der Waals surface area contributed by atoms with E-state index < -0.39 is 24.5 Å². The number of carbonyl (C=O) groups excluding carboxylic acids is 3. The van der Waals surface area contributed by atoms with Gasteiger partial charge in [-0.05, 0) is 44.5 Å². The highest BCUT2D eigenvalue weighted by molar-refractivity contribution is 5.97. The predicted octanol–water partition coefficient (Wildman–Crippen LogP) is 1.87. The highest BCUT2D eigenvalue weighted by Gasteiger charge is 2.13. The van der Waals surface area contributed by atoms with Crippen LogP contribution in [0.3, 0.4) is 0 Å². The Morgan fingerprint density at radius 1 is 1.13 bits per heavy atom. The minimum Gasteiger partial charge on any atom is -0.494 e. The number of imide groups is 1. The molecule has 0 aliphatic carbocycles.